The summed E-state index contributed by atoms with van der Waals surface area (Å²) in [6, 6.07) is 5.42. The lowest BCUT2D eigenvalue weighted by atomic mass is 10.3. The number of nitrogens with zero attached hydrogens (tertiary/aromatic N) is 5. The number of rotatable bonds is 1. The van der Waals surface area contributed by atoms with Crippen LogP contribution in [0.4, 0.5) is 0 Å². The quantitative estimate of drug-likeness (QED) is 0.627. The second kappa shape index (κ2) is 3.03. The van der Waals surface area contributed by atoms with E-state index in [0.717, 1.165) is 0 Å². The van der Waals surface area contributed by atoms with E-state index in [1.165, 1.54) is 17.3 Å². The fraction of sp³-hybridized carbons (Fsp3) is 0. The lowest BCUT2D eigenvalue weighted by Crippen LogP contribution is -2.00. The van der Waals surface area contributed by atoms with E-state index in [0.29, 0.717) is 11.4 Å². The van der Waals surface area contributed by atoms with Gasteiger partial charge in [0, 0.05) is 6.20 Å². The van der Waals surface area contributed by atoms with Gasteiger partial charge in [-0.1, -0.05) is 0 Å². The Balaban J connectivity index is 2.59. The van der Waals surface area contributed by atoms with Gasteiger partial charge in [0.1, 0.15) is 18.7 Å². The molecule has 0 atom stereocenters. The molecule has 0 saturated heterocycles. The molecular formula is C8H5N5. The molecule has 0 aliphatic rings. The van der Waals surface area contributed by atoms with Crippen molar-refractivity contribution in [1.82, 2.24) is 19.7 Å². The highest BCUT2D eigenvalue weighted by Gasteiger charge is 2.03. The molecule has 0 aliphatic carbocycles. The third-order valence-corrected chi connectivity index (χ3v) is 1.54. The average molecular weight is 171 g/mol. The molecule has 0 aliphatic heterocycles. The van der Waals surface area contributed by atoms with E-state index in [9.17, 15) is 0 Å². The zero-order valence-electron chi connectivity index (χ0n) is 6.62. The van der Waals surface area contributed by atoms with Crippen LogP contribution >= 0.6 is 0 Å². The summed E-state index contributed by atoms with van der Waals surface area (Å²) in [5, 5.41) is 12.7. The predicted octanol–water partition coefficient (Wildman–Crippen LogP) is 0.534. The summed E-state index contributed by atoms with van der Waals surface area (Å²) in [5.74, 6) is 0.502. The average Bonchev–Trinajstić information content (AvgIpc) is 2.70. The van der Waals surface area contributed by atoms with Gasteiger partial charge in [0.15, 0.2) is 5.82 Å². The van der Waals surface area contributed by atoms with Gasteiger partial charge in [-0.3, -0.25) is 0 Å². The lowest BCUT2D eigenvalue weighted by molar-refractivity contribution is 0.841. The minimum Gasteiger partial charge on any atom is -0.236 e. The first-order valence-electron chi connectivity index (χ1n) is 3.62. The second-order valence-corrected chi connectivity index (χ2v) is 2.33. The van der Waals surface area contributed by atoms with Crippen molar-refractivity contribution in [1.29, 1.82) is 5.26 Å². The zero-order valence-corrected chi connectivity index (χ0v) is 6.62. The van der Waals surface area contributed by atoms with Crippen molar-refractivity contribution >= 4 is 0 Å². The Kier molecular flexibility index (Phi) is 1.73. The monoisotopic (exact) mass is 171 g/mol. The van der Waals surface area contributed by atoms with Gasteiger partial charge in [-0.05, 0) is 12.1 Å². The molecule has 62 valence electrons. The van der Waals surface area contributed by atoms with E-state index < -0.39 is 0 Å². The molecule has 0 unspecified atom stereocenters. The van der Waals surface area contributed by atoms with Gasteiger partial charge >= 0.3 is 0 Å². The number of hydrogen-bond donors (Lipinski definition) is 0. The SMILES string of the molecule is N#Cc1cccnc1-n1cncn1. The molecule has 0 N–H and O–H groups in total. The van der Waals surface area contributed by atoms with Crippen LogP contribution in [-0.4, -0.2) is 19.7 Å². The van der Waals surface area contributed by atoms with Crippen molar-refractivity contribution in [2.45, 2.75) is 0 Å². The number of nitriles is 1. The normalized spacial score (nSPS) is 9.46. The maximum Gasteiger partial charge on any atom is 0.173 e. The summed E-state index contributed by atoms with van der Waals surface area (Å²) in [6.07, 6.45) is 4.51. The second-order valence-electron chi connectivity index (χ2n) is 2.33. The van der Waals surface area contributed by atoms with Crippen molar-refractivity contribution in [3.05, 3.63) is 36.5 Å². The summed E-state index contributed by atoms with van der Waals surface area (Å²) in [5.41, 5.74) is 0.480. The van der Waals surface area contributed by atoms with Gasteiger partial charge < -0.3 is 0 Å². The summed E-state index contributed by atoms with van der Waals surface area (Å²) >= 11 is 0. The molecule has 0 saturated carbocycles. The molecule has 2 aromatic rings. The van der Waals surface area contributed by atoms with Crippen LogP contribution in [0.15, 0.2) is 31.0 Å². The van der Waals surface area contributed by atoms with Gasteiger partial charge in [-0.15, -0.1) is 0 Å². The first-order chi connectivity index (χ1) is 6.42. The van der Waals surface area contributed by atoms with Gasteiger partial charge in [-0.2, -0.15) is 10.4 Å². The molecule has 0 amide bonds. The first kappa shape index (κ1) is 7.43. The molecular weight excluding hydrogens is 166 g/mol. The smallest absolute Gasteiger partial charge is 0.173 e. The summed E-state index contributed by atoms with van der Waals surface area (Å²) in [4.78, 5) is 7.81. The fourth-order valence-electron chi connectivity index (χ4n) is 0.984. The summed E-state index contributed by atoms with van der Waals surface area (Å²) < 4.78 is 1.46. The molecule has 0 aromatic carbocycles. The first-order valence-corrected chi connectivity index (χ1v) is 3.62. The van der Waals surface area contributed by atoms with Crippen LogP contribution < -0.4 is 0 Å². The van der Waals surface area contributed by atoms with Crippen molar-refractivity contribution < 1.29 is 0 Å². The van der Waals surface area contributed by atoms with Crippen LogP contribution in [0.3, 0.4) is 0 Å². The maximum atomic E-state index is 8.77. The highest BCUT2D eigenvalue weighted by molar-refractivity contribution is 5.41. The Morgan fingerprint density at radius 3 is 3.08 bits per heavy atom. The predicted molar refractivity (Wildman–Crippen MR) is 43.9 cm³/mol. The van der Waals surface area contributed by atoms with Gasteiger partial charge in [-0.25, -0.2) is 14.6 Å². The van der Waals surface area contributed by atoms with Crippen LogP contribution in [0.1, 0.15) is 5.56 Å². The maximum absolute atomic E-state index is 8.77. The van der Waals surface area contributed by atoms with Crippen LogP contribution in [0, 0.1) is 11.3 Å². The Hall–Kier alpha value is -2.22. The molecule has 0 fully saturated rings. The molecule has 0 spiro atoms. The molecule has 2 aromatic heterocycles. The Morgan fingerprint density at radius 2 is 2.38 bits per heavy atom. The van der Waals surface area contributed by atoms with E-state index in [-0.39, 0.29) is 0 Å². The zero-order chi connectivity index (χ0) is 9.10. The molecule has 0 bridgehead atoms. The minimum atomic E-state index is 0.480. The highest BCUT2D eigenvalue weighted by Crippen LogP contribution is 2.06. The van der Waals surface area contributed by atoms with Gasteiger partial charge in [0.05, 0.1) is 5.56 Å². The van der Waals surface area contributed by atoms with E-state index in [4.69, 9.17) is 5.26 Å². The largest absolute Gasteiger partial charge is 0.236 e. The Labute approximate surface area is 74.3 Å². The Morgan fingerprint density at radius 1 is 1.46 bits per heavy atom. The van der Waals surface area contributed by atoms with E-state index in [2.05, 4.69) is 15.1 Å². The van der Waals surface area contributed by atoms with Gasteiger partial charge in [0.25, 0.3) is 0 Å². The third kappa shape index (κ3) is 1.25. The molecule has 13 heavy (non-hydrogen) atoms. The summed E-state index contributed by atoms with van der Waals surface area (Å²) in [6.45, 7) is 0. The van der Waals surface area contributed by atoms with E-state index >= 15 is 0 Å². The van der Waals surface area contributed by atoms with E-state index in [1.807, 2.05) is 6.07 Å². The van der Waals surface area contributed by atoms with Crippen LogP contribution in [0.5, 0.6) is 0 Å². The van der Waals surface area contributed by atoms with Crippen LogP contribution in [0.2, 0.25) is 0 Å². The minimum absolute atomic E-state index is 0.480. The van der Waals surface area contributed by atoms with Crippen molar-refractivity contribution in [3.63, 3.8) is 0 Å². The highest BCUT2D eigenvalue weighted by atomic mass is 15.3. The van der Waals surface area contributed by atoms with Crippen LogP contribution in [0.25, 0.3) is 5.82 Å². The standard InChI is InChI=1S/C8H5N5/c9-4-7-2-1-3-11-8(7)13-6-10-5-12-13/h1-3,5-6H. The lowest BCUT2D eigenvalue weighted by Gasteiger charge is -1.99. The van der Waals surface area contributed by atoms with E-state index in [1.54, 1.807) is 18.3 Å². The summed E-state index contributed by atoms with van der Waals surface area (Å²) in [7, 11) is 0. The van der Waals surface area contributed by atoms with Gasteiger partial charge in [0.2, 0.25) is 0 Å². The van der Waals surface area contributed by atoms with Crippen LogP contribution in [-0.2, 0) is 0 Å². The molecule has 5 heteroatoms. The van der Waals surface area contributed by atoms with Crippen molar-refractivity contribution in [3.8, 4) is 11.9 Å². The Bertz CT molecular complexity index is 440. The van der Waals surface area contributed by atoms with Crippen molar-refractivity contribution in [2.75, 3.05) is 0 Å². The third-order valence-electron chi connectivity index (χ3n) is 1.54. The molecule has 0 radical (unpaired) electrons. The van der Waals surface area contributed by atoms with Crippen molar-refractivity contribution in [2.24, 2.45) is 0 Å². The number of aromatic nitrogens is 4. The number of pyridine rings is 1. The molecule has 5 nitrogen and oxygen atoms in total. The molecule has 2 rings (SSSR count). The number of hydrogen-bond acceptors (Lipinski definition) is 4. The topological polar surface area (TPSA) is 67.4 Å². The fourth-order valence-corrected chi connectivity index (χ4v) is 0.984. The molecule has 2 heterocycles.